The quantitative estimate of drug-likeness (QED) is 0.282. The molecule has 0 saturated carbocycles. The monoisotopic (exact) mass is 471 g/mol. The van der Waals surface area contributed by atoms with Gasteiger partial charge in [0.25, 0.3) is 0 Å². The molecule has 0 radical (unpaired) electrons. The van der Waals surface area contributed by atoms with Gasteiger partial charge in [-0.15, -0.1) is 0 Å². The Morgan fingerprint density at radius 1 is 0.943 bits per heavy atom. The summed E-state index contributed by atoms with van der Waals surface area (Å²) in [5.74, 6) is 0. The molecule has 5 rings (SSSR count). The molecule has 2 aromatic carbocycles. The van der Waals surface area contributed by atoms with Crippen LogP contribution in [0.25, 0.3) is 22.2 Å². The number of hydrogen-bond donors (Lipinski definition) is 3. The van der Waals surface area contributed by atoms with Crippen molar-refractivity contribution in [3.05, 3.63) is 89.7 Å². The molecule has 0 bridgehead atoms. The highest BCUT2D eigenvalue weighted by Crippen LogP contribution is 2.29. The summed E-state index contributed by atoms with van der Waals surface area (Å²) < 4.78 is 2.14. The number of aromatic nitrogens is 2. The van der Waals surface area contributed by atoms with Gasteiger partial charge in [-0.05, 0) is 54.4 Å². The number of rotatable bonds is 7. The van der Waals surface area contributed by atoms with E-state index in [0.717, 1.165) is 49.3 Å². The molecule has 1 saturated heterocycles. The molecule has 1 fully saturated rings. The number of fused-ring (bicyclic) bond motifs is 1. The van der Waals surface area contributed by atoms with Crippen LogP contribution in [0.3, 0.4) is 0 Å². The first-order valence-electron chi connectivity index (χ1n) is 12.1. The second kappa shape index (κ2) is 9.89. The summed E-state index contributed by atoms with van der Waals surface area (Å²) in [5.41, 5.74) is 6.82. The van der Waals surface area contributed by atoms with Crippen molar-refractivity contribution >= 4 is 11.0 Å². The third-order valence-corrected chi connectivity index (χ3v) is 6.99. The zero-order chi connectivity index (χ0) is 24.4. The first-order chi connectivity index (χ1) is 16.9. The minimum absolute atomic E-state index is 0.595. The Hall–Kier alpha value is -3.07. The van der Waals surface area contributed by atoms with Crippen molar-refractivity contribution in [1.82, 2.24) is 24.8 Å². The van der Waals surface area contributed by atoms with E-state index < -0.39 is 5.72 Å². The Labute approximate surface area is 206 Å². The number of nitrogens with zero attached hydrogens (tertiary/aromatic N) is 4. The zero-order valence-electron chi connectivity index (χ0n) is 20.4. The Kier molecular flexibility index (Phi) is 6.69. The van der Waals surface area contributed by atoms with Gasteiger partial charge in [0.15, 0.2) is 5.72 Å². The first-order valence-corrected chi connectivity index (χ1v) is 12.1. The lowest BCUT2D eigenvalue weighted by Crippen LogP contribution is -2.43. The van der Waals surface area contributed by atoms with Crippen molar-refractivity contribution < 1.29 is 10.3 Å². The van der Waals surface area contributed by atoms with E-state index in [2.05, 4.69) is 69.0 Å². The zero-order valence-corrected chi connectivity index (χ0v) is 20.4. The van der Waals surface area contributed by atoms with Crippen molar-refractivity contribution in [3.63, 3.8) is 0 Å². The molecule has 1 unspecified atom stereocenters. The SMILES string of the molecule is CN1CCN(Cc2cccc(-c3ccnc4c3ccn4Cc3ccc(C(C)(O)NO)cc3)c2)CC1. The number of aliphatic hydroxyl groups is 1. The largest absolute Gasteiger partial charge is 0.370 e. The number of pyridine rings is 1. The normalized spacial score (nSPS) is 17.0. The molecule has 0 amide bonds. The van der Waals surface area contributed by atoms with Gasteiger partial charge in [0.1, 0.15) is 5.65 Å². The van der Waals surface area contributed by atoms with Gasteiger partial charge < -0.3 is 19.8 Å². The van der Waals surface area contributed by atoms with Crippen LogP contribution in [0.5, 0.6) is 0 Å². The molecule has 0 spiro atoms. The van der Waals surface area contributed by atoms with Gasteiger partial charge in [-0.1, -0.05) is 42.5 Å². The number of benzene rings is 2. The highest BCUT2D eigenvalue weighted by atomic mass is 16.5. The summed E-state index contributed by atoms with van der Waals surface area (Å²) in [6, 6.07) is 20.6. The molecule has 1 atom stereocenters. The number of nitrogens with one attached hydrogen (secondary N) is 1. The topological polar surface area (TPSA) is 76.8 Å². The summed E-state index contributed by atoms with van der Waals surface area (Å²) in [5, 5.41) is 20.5. The van der Waals surface area contributed by atoms with E-state index in [1.807, 2.05) is 35.9 Å². The fraction of sp³-hybridized carbons (Fsp3) is 0.321. The van der Waals surface area contributed by atoms with Crippen LogP contribution in [-0.4, -0.2) is 62.9 Å². The highest BCUT2D eigenvalue weighted by molar-refractivity contribution is 5.93. The van der Waals surface area contributed by atoms with Crippen LogP contribution >= 0.6 is 0 Å². The number of likely N-dealkylation sites (N-methyl/N-ethyl adjacent to an activating group) is 1. The molecule has 7 heteroatoms. The van der Waals surface area contributed by atoms with Crippen LogP contribution in [0.1, 0.15) is 23.6 Å². The summed E-state index contributed by atoms with van der Waals surface area (Å²) in [7, 11) is 2.19. The lowest BCUT2D eigenvalue weighted by molar-refractivity contribution is -0.0852. The molecular weight excluding hydrogens is 438 g/mol. The second-order valence-electron chi connectivity index (χ2n) is 9.70. The van der Waals surface area contributed by atoms with Gasteiger partial charge in [0, 0.05) is 62.6 Å². The fourth-order valence-electron chi connectivity index (χ4n) is 4.77. The van der Waals surface area contributed by atoms with Gasteiger partial charge in [-0.3, -0.25) is 4.90 Å². The Morgan fingerprint density at radius 3 is 2.46 bits per heavy atom. The van der Waals surface area contributed by atoms with E-state index in [-0.39, 0.29) is 0 Å². The number of hydroxylamine groups is 1. The van der Waals surface area contributed by atoms with Gasteiger partial charge in [0.05, 0.1) is 0 Å². The third kappa shape index (κ3) is 5.15. The minimum atomic E-state index is -1.48. The molecule has 35 heavy (non-hydrogen) atoms. The summed E-state index contributed by atoms with van der Waals surface area (Å²) in [6.07, 6.45) is 3.96. The minimum Gasteiger partial charge on any atom is -0.370 e. The van der Waals surface area contributed by atoms with Crippen molar-refractivity contribution in [1.29, 1.82) is 0 Å². The highest BCUT2D eigenvalue weighted by Gasteiger charge is 2.21. The second-order valence-corrected chi connectivity index (χ2v) is 9.70. The average molecular weight is 472 g/mol. The van der Waals surface area contributed by atoms with Crippen LogP contribution in [0.4, 0.5) is 0 Å². The number of piperazine rings is 1. The van der Waals surface area contributed by atoms with Crippen LogP contribution < -0.4 is 5.48 Å². The molecule has 3 N–H and O–H groups in total. The lowest BCUT2D eigenvalue weighted by atomic mass is 10.0. The van der Waals surface area contributed by atoms with Gasteiger partial charge in [-0.2, -0.15) is 5.48 Å². The molecule has 182 valence electrons. The summed E-state index contributed by atoms with van der Waals surface area (Å²) >= 11 is 0. The maximum absolute atomic E-state index is 10.2. The van der Waals surface area contributed by atoms with Gasteiger partial charge >= 0.3 is 0 Å². The molecule has 3 heterocycles. The van der Waals surface area contributed by atoms with E-state index in [1.165, 1.54) is 23.6 Å². The van der Waals surface area contributed by atoms with Crippen molar-refractivity contribution in [3.8, 4) is 11.1 Å². The van der Waals surface area contributed by atoms with E-state index in [1.54, 1.807) is 0 Å². The van der Waals surface area contributed by atoms with E-state index >= 15 is 0 Å². The van der Waals surface area contributed by atoms with E-state index in [9.17, 15) is 5.11 Å². The maximum atomic E-state index is 10.2. The molecule has 4 aromatic rings. The predicted molar refractivity (Wildman–Crippen MR) is 138 cm³/mol. The standard InChI is InChI=1S/C28H33N5O2/c1-28(34,30-35)24-8-6-21(7-9-24)20-33-13-11-26-25(10-12-29-27(26)33)23-5-3-4-22(18-23)19-32-16-14-31(2)15-17-32/h3-13,18,30,34-35H,14-17,19-20H2,1-2H3. The van der Waals surface area contributed by atoms with E-state index in [4.69, 9.17) is 5.21 Å². The Balaban J connectivity index is 1.37. The van der Waals surface area contributed by atoms with Crippen LogP contribution in [0, 0.1) is 0 Å². The van der Waals surface area contributed by atoms with Crippen LogP contribution in [-0.2, 0) is 18.8 Å². The predicted octanol–water partition coefficient (Wildman–Crippen LogP) is 3.64. The van der Waals surface area contributed by atoms with Crippen molar-refractivity contribution in [2.45, 2.75) is 25.7 Å². The maximum Gasteiger partial charge on any atom is 0.160 e. The van der Waals surface area contributed by atoms with Gasteiger partial charge in [0.2, 0.25) is 0 Å². The smallest absolute Gasteiger partial charge is 0.160 e. The average Bonchev–Trinajstić information content (AvgIpc) is 3.29. The van der Waals surface area contributed by atoms with Crippen molar-refractivity contribution in [2.24, 2.45) is 0 Å². The first kappa shape index (κ1) is 23.7. The number of hydrogen-bond acceptors (Lipinski definition) is 6. The van der Waals surface area contributed by atoms with Crippen LogP contribution in [0.2, 0.25) is 0 Å². The molecule has 7 nitrogen and oxygen atoms in total. The van der Waals surface area contributed by atoms with Crippen LogP contribution in [0.15, 0.2) is 73.1 Å². The fourth-order valence-corrected chi connectivity index (χ4v) is 4.77. The molecule has 0 aliphatic carbocycles. The lowest BCUT2D eigenvalue weighted by Gasteiger charge is -2.32. The summed E-state index contributed by atoms with van der Waals surface area (Å²) in [4.78, 5) is 9.59. The summed E-state index contributed by atoms with van der Waals surface area (Å²) in [6.45, 7) is 7.62. The molecule has 1 aliphatic rings. The van der Waals surface area contributed by atoms with Gasteiger partial charge in [-0.25, -0.2) is 4.98 Å². The van der Waals surface area contributed by atoms with E-state index in [0.29, 0.717) is 12.1 Å². The molecular formula is C28H33N5O2. The third-order valence-electron chi connectivity index (χ3n) is 6.99. The van der Waals surface area contributed by atoms with Crippen molar-refractivity contribution in [2.75, 3.05) is 33.2 Å². The molecule has 2 aromatic heterocycles. The molecule has 1 aliphatic heterocycles. The Bertz CT molecular complexity index is 1290. The Morgan fingerprint density at radius 2 is 1.71 bits per heavy atom.